The lowest BCUT2D eigenvalue weighted by molar-refractivity contribution is 0.0771. The Balaban J connectivity index is 1.65. The molecule has 0 unspecified atom stereocenters. The zero-order valence-corrected chi connectivity index (χ0v) is 12.5. The molecule has 0 radical (unpaired) electrons. The summed E-state index contributed by atoms with van der Waals surface area (Å²) in [6.07, 6.45) is 4.54. The number of carbonyl (C=O) groups is 1. The van der Waals surface area contributed by atoms with Gasteiger partial charge in [-0.1, -0.05) is 23.4 Å². The van der Waals surface area contributed by atoms with E-state index in [-0.39, 0.29) is 5.91 Å². The number of benzene rings is 1. The summed E-state index contributed by atoms with van der Waals surface area (Å²) in [5.74, 6) is 0.863. The smallest absolute Gasteiger partial charge is 0.257 e. The number of rotatable bonds is 5. The molecule has 7 nitrogen and oxygen atoms in total. The summed E-state index contributed by atoms with van der Waals surface area (Å²) < 4.78 is 4.99. The zero-order chi connectivity index (χ0) is 16.1. The number of hydrogen-bond donors (Lipinski definition) is 1. The van der Waals surface area contributed by atoms with Crippen LogP contribution in [-0.2, 0) is 6.54 Å². The second-order valence-corrected chi connectivity index (χ2v) is 4.93. The summed E-state index contributed by atoms with van der Waals surface area (Å²) in [5, 5.41) is 6.68. The van der Waals surface area contributed by atoms with Crippen LogP contribution in [0, 0.1) is 0 Å². The van der Waals surface area contributed by atoms with Gasteiger partial charge >= 0.3 is 0 Å². The molecule has 0 aliphatic carbocycles. The lowest BCUT2D eigenvalue weighted by atomic mass is 10.3. The number of hydrogen-bond acceptors (Lipinski definition) is 6. The first-order valence-electron chi connectivity index (χ1n) is 7.01. The summed E-state index contributed by atoms with van der Waals surface area (Å²) in [7, 11) is 1.68. The number of nitrogens with zero attached hydrogens (tertiary/aromatic N) is 4. The molecule has 1 amide bonds. The van der Waals surface area contributed by atoms with Crippen LogP contribution < -0.4 is 5.32 Å². The van der Waals surface area contributed by atoms with E-state index in [1.54, 1.807) is 19.3 Å². The minimum absolute atomic E-state index is 0.187. The van der Waals surface area contributed by atoms with Crippen molar-refractivity contribution in [3.05, 3.63) is 66.3 Å². The number of carbonyl (C=O) groups excluding carboxylic acids is 1. The minimum Gasteiger partial charge on any atom is -0.360 e. The van der Waals surface area contributed by atoms with Crippen molar-refractivity contribution in [3.8, 4) is 0 Å². The van der Waals surface area contributed by atoms with Gasteiger partial charge in [-0.2, -0.15) is 0 Å². The van der Waals surface area contributed by atoms with Crippen molar-refractivity contribution in [3.63, 3.8) is 0 Å². The Labute approximate surface area is 133 Å². The molecule has 0 spiro atoms. The van der Waals surface area contributed by atoms with Crippen molar-refractivity contribution >= 4 is 17.5 Å². The van der Waals surface area contributed by atoms with Crippen molar-refractivity contribution in [2.24, 2.45) is 0 Å². The summed E-state index contributed by atoms with van der Waals surface area (Å²) in [6.45, 7) is 0.336. The van der Waals surface area contributed by atoms with Crippen molar-refractivity contribution in [1.29, 1.82) is 0 Å². The van der Waals surface area contributed by atoms with E-state index in [0.717, 1.165) is 5.69 Å². The number of amides is 1. The monoisotopic (exact) mass is 309 g/mol. The summed E-state index contributed by atoms with van der Waals surface area (Å²) in [5.41, 5.74) is 1.29. The number of aromatic nitrogens is 3. The molecule has 3 rings (SSSR count). The van der Waals surface area contributed by atoms with Gasteiger partial charge in [-0.15, -0.1) is 0 Å². The fraction of sp³-hybridized carbons (Fsp3) is 0.125. The van der Waals surface area contributed by atoms with Crippen LogP contribution in [0.2, 0.25) is 0 Å². The standard InChI is InChI=1S/C16H15N5O2/c1-21(11-14-7-8-19-23-14)15(22)12-9-17-16(18-10-12)20-13-5-3-2-4-6-13/h2-10H,11H2,1H3,(H,17,18,20). The molecule has 0 aliphatic heterocycles. The van der Waals surface area contributed by atoms with Crippen LogP contribution in [0.4, 0.5) is 11.6 Å². The molecule has 0 aliphatic rings. The van der Waals surface area contributed by atoms with Crippen molar-refractivity contribution in [2.45, 2.75) is 6.54 Å². The van der Waals surface area contributed by atoms with Crippen LogP contribution in [0.3, 0.4) is 0 Å². The first kappa shape index (κ1) is 14.7. The summed E-state index contributed by atoms with van der Waals surface area (Å²) in [4.78, 5) is 22.2. The molecule has 1 aromatic carbocycles. The number of nitrogens with one attached hydrogen (secondary N) is 1. The van der Waals surface area contributed by atoms with Crippen LogP contribution in [0.5, 0.6) is 0 Å². The minimum atomic E-state index is -0.187. The summed E-state index contributed by atoms with van der Waals surface area (Å²) in [6, 6.07) is 11.3. The Morgan fingerprint density at radius 1 is 1.17 bits per heavy atom. The van der Waals surface area contributed by atoms with E-state index in [4.69, 9.17) is 4.52 Å². The van der Waals surface area contributed by atoms with Crippen LogP contribution in [0.25, 0.3) is 0 Å². The molecule has 0 saturated heterocycles. The van der Waals surface area contributed by atoms with Gasteiger partial charge in [0.15, 0.2) is 5.76 Å². The van der Waals surface area contributed by atoms with Gasteiger partial charge in [-0.05, 0) is 12.1 Å². The van der Waals surface area contributed by atoms with E-state index in [9.17, 15) is 4.79 Å². The second kappa shape index (κ2) is 6.69. The normalized spacial score (nSPS) is 10.3. The Morgan fingerprint density at radius 3 is 2.57 bits per heavy atom. The van der Waals surface area contributed by atoms with Gasteiger partial charge in [0, 0.05) is 31.2 Å². The molecule has 0 saturated carbocycles. The van der Waals surface area contributed by atoms with Gasteiger partial charge in [-0.3, -0.25) is 4.79 Å². The van der Waals surface area contributed by atoms with Gasteiger partial charge in [0.25, 0.3) is 5.91 Å². The van der Waals surface area contributed by atoms with Crippen LogP contribution in [0.1, 0.15) is 16.1 Å². The average molecular weight is 309 g/mol. The van der Waals surface area contributed by atoms with Crippen molar-refractivity contribution in [1.82, 2.24) is 20.0 Å². The van der Waals surface area contributed by atoms with Gasteiger partial charge in [0.05, 0.1) is 18.3 Å². The Kier molecular flexibility index (Phi) is 4.28. The highest BCUT2D eigenvalue weighted by Gasteiger charge is 2.14. The highest BCUT2D eigenvalue weighted by molar-refractivity contribution is 5.93. The highest BCUT2D eigenvalue weighted by Crippen LogP contribution is 2.12. The van der Waals surface area contributed by atoms with Crippen molar-refractivity contribution < 1.29 is 9.32 Å². The molecule has 1 N–H and O–H groups in total. The van der Waals surface area contributed by atoms with E-state index in [2.05, 4.69) is 20.4 Å². The van der Waals surface area contributed by atoms with E-state index in [1.807, 2.05) is 30.3 Å². The first-order chi connectivity index (χ1) is 11.2. The molecule has 23 heavy (non-hydrogen) atoms. The summed E-state index contributed by atoms with van der Waals surface area (Å²) >= 11 is 0. The van der Waals surface area contributed by atoms with Gasteiger partial charge < -0.3 is 14.7 Å². The third kappa shape index (κ3) is 3.70. The van der Waals surface area contributed by atoms with Crippen LogP contribution in [0.15, 0.2) is 59.5 Å². The largest absolute Gasteiger partial charge is 0.360 e. The molecular weight excluding hydrogens is 294 g/mol. The van der Waals surface area contributed by atoms with E-state index < -0.39 is 0 Å². The molecule has 0 atom stereocenters. The van der Waals surface area contributed by atoms with E-state index in [0.29, 0.717) is 23.8 Å². The molecule has 116 valence electrons. The predicted molar refractivity (Wildman–Crippen MR) is 84.1 cm³/mol. The van der Waals surface area contributed by atoms with Gasteiger partial charge in [0.1, 0.15) is 0 Å². The number of para-hydroxylation sites is 1. The third-order valence-corrected chi connectivity index (χ3v) is 3.16. The van der Waals surface area contributed by atoms with E-state index >= 15 is 0 Å². The topological polar surface area (TPSA) is 84.2 Å². The SMILES string of the molecule is CN(Cc1ccno1)C(=O)c1cnc(Nc2ccccc2)nc1. The maximum atomic E-state index is 12.3. The highest BCUT2D eigenvalue weighted by atomic mass is 16.5. The molecule has 3 aromatic rings. The molecule has 0 bridgehead atoms. The molecule has 0 fully saturated rings. The second-order valence-electron chi connectivity index (χ2n) is 4.93. The molecular formula is C16H15N5O2. The fourth-order valence-electron chi connectivity index (χ4n) is 2.00. The fourth-order valence-corrected chi connectivity index (χ4v) is 2.00. The van der Waals surface area contributed by atoms with Gasteiger partial charge in [0.2, 0.25) is 5.95 Å². The molecule has 2 aromatic heterocycles. The Morgan fingerprint density at radius 2 is 1.91 bits per heavy atom. The maximum absolute atomic E-state index is 12.3. The number of anilines is 2. The zero-order valence-electron chi connectivity index (χ0n) is 12.5. The first-order valence-corrected chi connectivity index (χ1v) is 7.01. The van der Waals surface area contributed by atoms with Crippen LogP contribution >= 0.6 is 0 Å². The Bertz CT molecular complexity index is 757. The maximum Gasteiger partial charge on any atom is 0.257 e. The average Bonchev–Trinajstić information content (AvgIpc) is 3.09. The van der Waals surface area contributed by atoms with E-state index in [1.165, 1.54) is 17.3 Å². The van der Waals surface area contributed by atoms with Crippen molar-refractivity contribution in [2.75, 3.05) is 12.4 Å². The third-order valence-electron chi connectivity index (χ3n) is 3.16. The van der Waals surface area contributed by atoms with Gasteiger partial charge in [-0.25, -0.2) is 9.97 Å². The quantitative estimate of drug-likeness (QED) is 0.779. The lowest BCUT2D eigenvalue weighted by Gasteiger charge is -2.15. The van der Waals surface area contributed by atoms with Crippen LogP contribution in [-0.4, -0.2) is 33.0 Å². The predicted octanol–water partition coefficient (Wildman–Crippen LogP) is 2.48. The molecule has 2 heterocycles. The molecule has 7 heteroatoms. The lowest BCUT2D eigenvalue weighted by Crippen LogP contribution is -2.26. The Hall–Kier alpha value is -3.22.